The van der Waals surface area contributed by atoms with Crippen molar-refractivity contribution in [2.45, 2.75) is 26.3 Å². The number of carbonyl (C=O) groups excluding carboxylic acids is 1. The second-order valence-electron chi connectivity index (χ2n) is 6.15. The molecule has 2 rings (SSSR count). The molecule has 1 aromatic rings. The van der Waals surface area contributed by atoms with Crippen LogP contribution in [0.5, 0.6) is 0 Å². The van der Waals surface area contributed by atoms with Gasteiger partial charge in [-0.3, -0.25) is 10.1 Å². The van der Waals surface area contributed by atoms with Crippen molar-refractivity contribution in [3.05, 3.63) is 24.2 Å². The van der Waals surface area contributed by atoms with E-state index in [1.807, 2.05) is 17.0 Å². The van der Waals surface area contributed by atoms with Crippen molar-refractivity contribution >= 4 is 5.91 Å². The van der Waals surface area contributed by atoms with E-state index in [0.717, 1.165) is 18.8 Å². The molecule has 1 amide bonds. The Morgan fingerprint density at radius 2 is 2.19 bits per heavy atom. The Kier molecular flexibility index (Phi) is 5.82. The maximum Gasteiger partial charge on any atom is 0.236 e. The molecule has 5 heteroatoms. The van der Waals surface area contributed by atoms with Crippen LogP contribution in [0.4, 0.5) is 0 Å². The molecule has 118 valence electrons. The molecule has 1 aromatic heterocycles. The van der Waals surface area contributed by atoms with Gasteiger partial charge in [0.25, 0.3) is 0 Å². The van der Waals surface area contributed by atoms with E-state index >= 15 is 0 Å². The standard InChI is InChI=1S/C16H26N2O3/c1-12-7-13(2)10-18(9-12)16(19)8-17-14(11-20-3)15-5-4-6-21-15/h4-6,12-14,17H,7-11H2,1-3H3. The maximum atomic E-state index is 12.4. The van der Waals surface area contributed by atoms with Crippen molar-refractivity contribution in [2.75, 3.05) is 33.4 Å². The van der Waals surface area contributed by atoms with Gasteiger partial charge in [-0.05, 0) is 30.4 Å². The molecule has 1 fully saturated rings. The van der Waals surface area contributed by atoms with Crippen LogP contribution in [-0.4, -0.2) is 44.2 Å². The first-order valence-electron chi connectivity index (χ1n) is 7.63. The predicted molar refractivity (Wildman–Crippen MR) is 80.9 cm³/mol. The van der Waals surface area contributed by atoms with E-state index in [1.165, 1.54) is 6.42 Å². The second-order valence-corrected chi connectivity index (χ2v) is 6.15. The Morgan fingerprint density at radius 1 is 1.48 bits per heavy atom. The highest BCUT2D eigenvalue weighted by Crippen LogP contribution is 2.21. The number of carbonyl (C=O) groups is 1. The van der Waals surface area contributed by atoms with E-state index in [2.05, 4.69) is 19.2 Å². The van der Waals surface area contributed by atoms with Crippen LogP contribution in [-0.2, 0) is 9.53 Å². The van der Waals surface area contributed by atoms with Crippen LogP contribution in [0, 0.1) is 11.8 Å². The molecule has 3 unspecified atom stereocenters. The van der Waals surface area contributed by atoms with Crippen molar-refractivity contribution in [3.63, 3.8) is 0 Å². The molecule has 0 radical (unpaired) electrons. The molecule has 2 heterocycles. The van der Waals surface area contributed by atoms with Crippen LogP contribution >= 0.6 is 0 Å². The monoisotopic (exact) mass is 294 g/mol. The number of furan rings is 1. The number of likely N-dealkylation sites (tertiary alicyclic amines) is 1. The van der Waals surface area contributed by atoms with Gasteiger partial charge in [0, 0.05) is 20.2 Å². The zero-order valence-electron chi connectivity index (χ0n) is 13.2. The lowest BCUT2D eigenvalue weighted by molar-refractivity contribution is -0.133. The number of piperidine rings is 1. The molecule has 21 heavy (non-hydrogen) atoms. The molecular weight excluding hydrogens is 268 g/mol. The summed E-state index contributed by atoms with van der Waals surface area (Å²) < 4.78 is 10.6. The molecule has 1 saturated heterocycles. The van der Waals surface area contributed by atoms with Crippen LogP contribution < -0.4 is 5.32 Å². The number of methoxy groups -OCH3 is 1. The number of nitrogens with one attached hydrogen (secondary N) is 1. The molecule has 0 aromatic carbocycles. The summed E-state index contributed by atoms with van der Waals surface area (Å²) in [6, 6.07) is 3.65. The van der Waals surface area contributed by atoms with Crippen molar-refractivity contribution in [2.24, 2.45) is 11.8 Å². The van der Waals surface area contributed by atoms with Gasteiger partial charge in [0.05, 0.1) is 25.5 Å². The molecule has 5 nitrogen and oxygen atoms in total. The zero-order valence-corrected chi connectivity index (χ0v) is 13.2. The fourth-order valence-corrected chi connectivity index (χ4v) is 3.09. The minimum Gasteiger partial charge on any atom is -0.468 e. The smallest absolute Gasteiger partial charge is 0.236 e. The van der Waals surface area contributed by atoms with Gasteiger partial charge in [-0.1, -0.05) is 13.8 Å². The van der Waals surface area contributed by atoms with Gasteiger partial charge in [0.1, 0.15) is 5.76 Å². The minimum atomic E-state index is -0.0893. The highest BCUT2D eigenvalue weighted by atomic mass is 16.5. The molecule has 1 N–H and O–H groups in total. The maximum absolute atomic E-state index is 12.4. The first-order valence-corrected chi connectivity index (χ1v) is 7.63. The number of hydrogen-bond donors (Lipinski definition) is 1. The van der Waals surface area contributed by atoms with Crippen molar-refractivity contribution in [3.8, 4) is 0 Å². The van der Waals surface area contributed by atoms with Gasteiger partial charge >= 0.3 is 0 Å². The summed E-state index contributed by atoms with van der Waals surface area (Å²) in [7, 11) is 1.65. The average molecular weight is 294 g/mol. The van der Waals surface area contributed by atoms with E-state index in [4.69, 9.17) is 9.15 Å². The van der Waals surface area contributed by atoms with Gasteiger partial charge in [-0.15, -0.1) is 0 Å². The summed E-state index contributed by atoms with van der Waals surface area (Å²) in [5.74, 6) is 2.11. The molecule has 3 atom stereocenters. The third-order valence-electron chi connectivity index (χ3n) is 3.94. The van der Waals surface area contributed by atoms with E-state index < -0.39 is 0 Å². The summed E-state index contributed by atoms with van der Waals surface area (Å²) >= 11 is 0. The molecule has 0 saturated carbocycles. The lowest BCUT2D eigenvalue weighted by Gasteiger charge is -2.35. The Labute approximate surface area is 126 Å². The number of ether oxygens (including phenoxy) is 1. The van der Waals surface area contributed by atoms with Crippen molar-refractivity contribution < 1.29 is 13.9 Å². The Morgan fingerprint density at radius 3 is 2.76 bits per heavy atom. The molecule has 0 aliphatic carbocycles. The lowest BCUT2D eigenvalue weighted by atomic mass is 9.92. The minimum absolute atomic E-state index is 0.0893. The van der Waals surface area contributed by atoms with Gasteiger partial charge in [0.15, 0.2) is 0 Å². The first-order chi connectivity index (χ1) is 10.1. The van der Waals surface area contributed by atoms with Crippen LogP contribution in [0.3, 0.4) is 0 Å². The highest BCUT2D eigenvalue weighted by Gasteiger charge is 2.26. The Bertz CT molecular complexity index is 423. The molecule has 1 aliphatic heterocycles. The third kappa shape index (κ3) is 4.58. The fraction of sp³-hybridized carbons (Fsp3) is 0.688. The van der Waals surface area contributed by atoms with E-state index in [-0.39, 0.29) is 11.9 Å². The molecular formula is C16H26N2O3. The van der Waals surface area contributed by atoms with E-state index in [9.17, 15) is 4.79 Å². The summed E-state index contributed by atoms with van der Waals surface area (Å²) in [5.41, 5.74) is 0. The number of amides is 1. The lowest BCUT2D eigenvalue weighted by Crippen LogP contribution is -2.46. The van der Waals surface area contributed by atoms with Crippen molar-refractivity contribution in [1.29, 1.82) is 0 Å². The summed E-state index contributed by atoms with van der Waals surface area (Å²) in [4.78, 5) is 14.3. The van der Waals surface area contributed by atoms with E-state index in [1.54, 1.807) is 13.4 Å². The summed E-state index contributed by atoms with van der Waals surface area (Å²) in [6.07, 6.45) is 2.84. The van der Waals surface area contributed by atoms with Crippen LogP contribution in [0.1, 0.15) is 32.1 Å². The second kappa shape index (κ2) is 7.61. The fourth-order valence-electron chi connectivity index (χ4n) is 3.09. The average Bonchev–Trinajstić information content (AvgIpc) is 2.96. The highest BCUT2D eigenvalue weighted by molar-refractivity contribution is 5.78. The molecule has 0 bridgehead atoms. The summed E-state index contributed by atoms with van der Waals surface area (Å²) in [6.45, 7) is 6.93. The third-order valence-corrected chi connectivity index (χ3v) is 3.94. The Hall–Kier alpha value is -1.33. The van der Waals surface area contributed by atoms with Crippen LogP contribution in [0.2, 0.25) is 0 Å². The quantitative estimate of drug-likeness (QED) is 0.872. The predicted octanol–water partition coefficient (Wildman–Crippen LogP) is 2.06. The largest absolute Gasteiger partial charge is 0.468 e. The number of rotatable bonds is 6. The van der Waals surface area contributed by atoms with Crippen LogP contribution in [0.15, 0.2) is 22.8 Å². The Balaban J connectivity index is 1.87. The van der Waals surface area contributed by atoms with Crippen LogP contribution in [0.25, 0.3) is 0 Å². The van der Waals surface area contributed by atoms with Gasteiger partial charge in [-0.2, -0.15) is 0 Å². The first kappa shape index (κ1) is 16.0. The topological polar surface area (TPSA) is 54.7 Å². The van der Waals surface area contributed by atoms with Gasteiger partial charge in [0.2, 0.25) is 5.91 Å². The molecule has 1 aliphatic rings. The van der Waals surface area contributed by atoms with Gasteiger partial charge < -0.3 is 14.1 Å². The summed E-state index contributed by atoms with van der Waals surface area (Å²) in [5, 5.41) is 3.24. The number of hydrogen-bond acceptors (Lipinski definition) is 4. The van der Waals surface area contributed by atoms with Gasteiger partial charge in [-0.25, -0.2) is 0 Å². The molecule has 0 spiro atoms. The SMILES string of the molecule is COCC(NCC(=O)N1CC(C)CC(C)C1)c1ccco1. The normalized spacial score (nSPS) is 24.0. The van der Waals surface area contributed by atoms with Crippen molar-refractivity contribution in [1.82, 2.24) is 10.2 Å². The van der Waals surface area contributed by atoms with E-state index in [0.29, 0.717) is 25.0 Å². The number of nitrogens with zero attached hydrogens (tertiary/aromatic N) is 1. The zero-order chi connectivity index (χ0) is 15.2.